The van der Waals surface area contributed by atoms with Gasteiger partial charge in [-0.3, -0.25) is 9.59 Å². The summed E-state index contributed by atoms with van der Waals surface area (Å²) in [6, 6.07) is 8.83. The van der Waals surface area contributed by atoms with E-state index < -0.39 is 6.04 Å². The maximum Gasteiger partial charge on any atom is 0.251 e. The van der Waals surface area contributed by atoms with Crippen molar-refractivity contribution in [3.05, 3.63) is 35.9 Å². The number of likely N-dealkylation sites (N-methyl/N-ethyl adjacent to an activating group) is 1. The lowest BCUT2D eigenvalue weighted by atomic mass is 9.47. The second-order valence-electron chi connectivity index (χ2n) is 9.65. The van der Waals surface area contributed by atoms with Crippen molar-refractivity contribution in [2.75, 3.05) is 27.2 Å². The summed E-state index contributed by atoms with van der Waals surface area (Å²) in [5, 5.41) is 6.26. The highest BCUT2D eigenvalue weighted by Crippen LogP contribution is 2.61. The Hall–Kier alpha value is -1.88. The SMILES string of the molecule is CN(C)CCNC(=O)C(NC(=O)c1ccccc1)C12CC3CC(CC(C3)C1)C2. The van der Waals surface area contributed by atoms with Gasteiger partial charge in [-0.05, 0) is 82.5 Å². The van der Waals surface area contributed by atoms with E-state index in [0.717, 1.165) is 43.6 Å². The molecule has 4 aliphatic rings. The van der Waals surface area contributed by atoms with Crippen molar-refractivity contribution in [3.63, 3.8) is 0 Å². The molecule has 2 amide bonds. The highest BCUT2D eigenvalue weighted by Gasteiger charge is 2.56. The number of amides is 2. The molecule has 1 aromatic rings. The normalized spacial score (nSPS) is 31.6. The van der Waals surface area contributed by atoms with Crippen LogP contribution in [0.2, 0.25) is 0 Å². The first kappa shape index (κ1) is 19.4. The Labute approximate surface area is 168 Å². The van der Waals surface area contributed by atoms with Gasteiger partial charge in [-0.2, -0.15) is 0 Å². The van der Waals surface area contributed by atoms with Gasteiger partial charge in [0.15, 0.2) is 0 Å². The van der Waals surface area contributed by atoms with E-state index in [-0.39, 0.29) is 17.2 Å². The van der Waals surface area contributed by atoms with Crippen LogP contribution in [0.15, 0.2) is 30.3 Å². The molecule has 2 N–H and O–H groups in total. The predicted molar refractivity (Wildman–Crippen MR) is 110 cm³/mol. The first-order valence-corrected chi connectivity index (χ1v) is 10.7. The monoisotopic (exact) mass is 383 g/mol. The smallest absolute Gasteiger partial charge is 0.251 e. The minimum absolute atomic E-state index is 0.00641. The van der Waals surface area contributed by atoms with Gasteiger partial charge < -0.3 is 15.5 Å². The lowest BCUT2D eigenvalue weighted by Crippen LogP contribution is -2.62. The fourth-order valence-electron chi connectivity index (χ4n) is 6.34. The van der Waals surface area contributed by atoms with Gasteiger partial charge in [-0.1, -0.05) is 18.2 Å². The quantitative estimate of drug-likeness (QED) is 0.761. The van der Waals surface area contributed by atoms with Crippen LogP contribution < -0.4 is 10.6 Å². The predicted octanol–water partition coefficient (Wildman–Crippen LogP) is 2.68. The molecule has 1 aromatic carbocycles. The fraction of sp³-hybridized carbons (Fsp3) is 0.652. The first-order valence-electron chi connectivity index (χ1n) is 10.7. The Morgan fingerprint density at radius 3 is 2.14 bits per heavy atom. The minimum atomic E-state index is -0.434. The van der Waals surface area contributed by atoms with Crippen molar-refractivity contribution in [1.29, 1.82) is 0 Å². The van der Waals surface area contributed by atoms with E-state index in [1.165, 1.54) is 19.3 Å². The Balaban J connectivity index is 1.55. The molecule has 4 saturated carbocycles. The van der Waals surface area contributed by atoms with Crippen molar-refractivity contribution < 1.29 is 9.59 Å². The summed E-state index contributed by atoms with van der Waals surface area (Å²) in [6.07, 6.45) is 7.21. The molecule has 1 unspecified atom stereocenters. The van der Waals surface area contributed by atoms with Crippen molar-refractivity contribution in [2.45, 2.75) is 44.6 Å². The Morgan fingerprint density at radius 2 is 1.61 bits per heavy atom. The summed E-state index contributed by atoms with van der Waals surface area (Å²) in [5.41, 5.74) is 0.555. The van der Waals surface area contributed by atoms with Crippen molar-refractivity contribution in [1.82, 2.24) is 15.5 Å². The molecule has 5 heteroatoms. The van der Waals surface area contributed by atoms with Gasteiger partial charge in [-0.15, -0.1) is 0 Å². The third-order valence-corrected chi connectivity index (χ3v) is 7.13. The van der Waals surface area contributed by atoms with Crippen LogP contribution in [0.4, 0.5) is 0 Å². The topological polar surface area (TPSA) is 61.4 Å². The van der Waals surface area contributed by atoms with Crippen LogP contribution in [0.1, 0.15) is 48.9 Å². The van der Waals surface area contributed by atoms with Crippen LogP contribution in [0.3, 0.4) is 0 Å². The first-order chi connectivity index (χ1) is 13.4. The van der Waals surface area contributed by atoms with E-state index >= 15 is 0 Å². The molecule has 5 nitrogen and oxygen atoms in total. The number of hydrogen-bond donors (Lipinski definition) is 2. The molecule has 28 heavy (non-hydrogen) atoms. The van der Waals surface area contributed by atoms with Gasteiger partial charge in [-0.25, -0.2) is 0 Å². The number of rotatable bonds is 7. The molecule has 0 aliphatic heterocycles. The zero-order valence-corrected chi connectivity index (χ0v) is 17.1. The lowest BCUT2D eigenvalue weighted by molar-refractivity contribution is -0.134. The summed E-state index contributed by atoms with van der Waals surface area (Å²) in [5.74, 6) is 2.06. The van der Waals surface area contributed by atoms with Crippen LogP contribution in [0.5, 0.6) is 0 Å². The van der Waals surface area contributed by atoms with Crippen molar-refractivity contribution in [3.8, 4) is 0 Å². The molecule has 0 saturated heterocycles. The van der Waals surface area contributed by atoms with E-state index in [4.69, 9.17) is 0 Å². The summed E-state index contributed by atoms with van der Waals surface area (Å²) in [6.45, 7) is 1.40. The number of carbonyl (C=O) groups is 2. The average molecular weight is 384 g/mol. The van der Waals surface area contributed by atoms with E-state index in [1.54, 1.807) is 0 Å². The number of benzene rings is 1. The van der Waals surface area contributed by atoms with E-state index in [2.05, 4.69) is 15.5 Å². The molecule has 4 bridgehead atoms. The summed E-state index contributed by atoms with van der Waals surface area (Å²) >= 11 is 0. The van der Waals surface area contributed by atoms with Gasteiger partial charge in [0.05, 0.1) is 0 Å². The fourth-order valence-corrected chi connectivity index (χ4v) is 6.34. The number of hydrogen-bond acceptors (Lipinski definition) is 3. The number of nitrogens with zero attached hydrogens (tertiary/aromatic N) is 1. The zero-order valence-electron chi connectivity index (χ0n) is 17.1. The second-order valence-corrected chi connectivity index (χ2v) is 9.65. The van der Waals surface area contributed by atoms with Crippen molar-refractivity contribution in [2.24, 2.45) is 23.2 Å². The van der Waals surface area contributed by atoms with E-state index in [1.807, 2.05) is 44.4 Å². The molecule has 0 aromatic heterocycles. The highest BCUT2D eigenvalue weighted by molar-refractivity contribution is 5.97. The van der Waals surface area contributed by atoms with Crippen LogP contribution >= 0.6 is 0 Å². The molecule has 0 spiro atoms. The molecule has 4 fully saturated rings. The number of nitrogens with one attached hydrogen (secondary N) is 2. The Kier molecular flexibility index (Phi) is 5.46. The van der Waals surface area contributed by atoms with Crippen molar-refractivity contribution >= 4 is 11.8 Å². The zero-order chi connectivity index (χ0) is 19.7. The third kappa shape index (κ3) is 3.95. The summed E-state index contributed by atoms with van der Waals surface area (Å²) in [7, 11) is 4.00. The molecule has 1 atom stereocenters. The second kappa shape index (κ2) is 7.86. The molecule has 4 aliphatic carbocycles. The molecule has 0 radical (unpaired) electrons. The minimum Gasteiger partial charge on any atom is -0.353 e. The molecule has 5 rings (SSSR count). The van der Waals surface area contributed by atoms with Crippen LogP contribution in [0.25, 0.3) is 0 Å². The van der Waals surface area contributed by atoms with Crippen LogP contribution in [0, 0.1) is 23.2 Å². The van der Waals surface area contributed by atoms with Gasteiger partial charge in [0.25, 0.3) is 5.91 Å². The maximum atomic E-state index is 13.3. The van der Waals surface area contributed by atoms with Crippen LogP contribution in [-0.2, 0) is 4.79 Å². The van der Waals surface area contributed by atoms with E-state index in [9.17, 15) is 9.59 Å². The highest BCUT2D eigenvalue weighted by atomic mass is 16.2. The van der Waals surface area contributed by atoms with Gasteiger partial charge in [0, 0.05) is 24.1 Å². The Morgan fingerprint density at radius 1 is 1.04 bits per heavy atom. The van der Waals surface area contributed by atoms with Gasteiger partial charge in [0.2, 0.25) is 5.91 Å². The largest absolute Gasteiger partial charge is 0.353 e. The molecular formula is C23H33N3O2. The standard InChI is InChI=1S/C23H33N3O2/c1-26(2)9-8-24-22(28)20(25-21(27)19-6-4-3-5-7-19)23-13-16-10-17(14-23)12-18(11-16)15-23/h3-7,16-18,20H,8-15H2,1-2H3,(H,24,28)(H,25,27). The summed E-state index contributed by atoms with van der Waals surface area (Å²) in [4.78, 5) is 28.3. The molecular weight excluding hydrogens is 350 g/mol. The summed E-state index contributed by atoms with van der Waals surface area (Å²) < 4.78 is 0. The number of carbonyl (C=O) groups excluding carboxylic acids is 2. The lowest BCUT2D eigenvalue weighted by Gasteiger charge is -2.59. The van der Waals surface area contributed by atoms with Crippen LogP contribution in [-0.4, -0.2) is 49.9 Å². The third-order valence-electron chi connectivity index (χ3n) is 7.13. The average Bonchev–Trinajstić information content (AvgIpc) is 2.65. The van der Waals surface area contributed by atoms with Gasteiger partial charge in [0.1, 0.15) is 6.04 Å². The van der Waals surface area contributed by atoms with E-state index in [0.29, 0.717) is 12.1 Å². The maximum absolute atomic E-state index is 13.3. The molecule has 152 valence electrons. The van der Waals surface area contributed by atoms with Gasteiger partial charge >= 0.3 is 0 Å². The molecule has 0 heterocycles. The Bertz CT molecular complexity index is 681.